The highest BCUT2D eigenvalue weighted by Crippen LogP contribution is 2.72. The number of benzene rings is 1. The number of carbonyl (C=O) groups excluding carboxylic acids is 4. The van der Waals surface area contributed by atoms with Crippen molar-refractivity contribution in [1.29, 1.82) is 0 Å². The average molecular weight is 641 g/mol. The molecule has 0 aromatic heterocycles. The number of alkyl halides is 2. The number of rotatable bonds is 6. The minimum Gasteiger partial charge on any atom is -0.449 e. The van der Waals surface area contributed by atoms with Crippen molar-refractivity contribution >= 4 is 34.4 Å². The Balaban J connectivity index is 1.44. The summed E-state index contributed by atoms with van der Waals surface area (Å²) in [4.78, 5) is 54.3. The summed E-state index contributed by atoms with van der Waals surface area (Å²) in [6.07, 6.45) is 2.82. The maximum atomic E-state index is 17.8. The zero-order valence-electron chi connectivity index (χ0n) is 26.3. The molecule has 0 aliphatic heterocycles. The molecule has 0 radical (unpaired) electrons. The average Bonchev–Trinajstić information content (AvgIpc) is 3.57. The number of fused-ring (bicyclic) bond motifs is 5. The van der Waals surface area contributed by atoms with Gasteiger partial charge in [-0.2, -0.15) is 0 Å². The number of hydrogen-bond donors (Lipinski definition) is 1. The van der Waals surface area contributed by atoms with E-state index in [0.29, 0.717) is 18.4 Å². The smallest absolute Gasteiger partial charge is 0.306 e. The molecule has 1 aromatic rings. The molecule has 9 atom stereocenters. The normalized spacial score (nSPS) is 41.4. The molecule has 4 fully saturated rings. The zero-order chi connectivity index (χ0) is 32.6. The van der Waals surface area contributed by atoms with Gasteiger partial charge in [-0.3, -0.25) is 19.2 Å². The molecule has 0 heterocycles. The molecular formula is C36H42F2O6S. The molecular weight excluding hydrogens is 598 g/mol. The van der Waals surface area contributed by atoms with Crippen LogP contribution in [0.5, 0.6) is 0 Å². The summed E-state index contributed by atoms with van der Waals surface area (Å²) in [5.74, 6) is -3.40. The standard InChI is InChI=1S/C36H42F2O6S/c1-5-29(41)44-36(31(43)45-34(14-9-10-15-34)30(42)22-11-7-6-8-12-22)21(2)17-24-25-19-27(37)26-18-23(39)13-16-32(26,3)35(25,38)28(40)20-33(24,36)4/h6-8,11-13,16,18,21,24-25,27-28,40H,5,9-10,14-15,17,19-20H2,1-4H3/t21-,24?,25?,27+,28+,32+,33+,35+,36+/m1/s1. The highest BCUT2D eigenvalue weighted by Gasteiger charge is 2.78. The second kappa shape index (κ2) is 11.0. The van der Waals surface area contributed by atoms with E-state index < -0.39 is 73.7 Å². The van der Waals surface area contributed by atoms with Crippen LogP contribution in [0.25, 0.3) is 0 Å². The van der Waals surface area contributed by atoms with Crippen molar-refractivity contribution in [3.63, 3.8) is 0 Å². The lowest BCUT2D eigenvalue weighted by Gasteiger charge is -2.63. The lowest BCUT2D eigenvalue weighted by molar-refractivity contribution is -0.228. The molecule has 0 amide bonds. The van der Waals surface area contributed by atoms with Gasteiger partial charge < -0.3 is 9.84 Å². The minimum absolute atomic E-state index is 0.00210. The first-order chi connectivity index (χ1) is 21.2. The quantitative estimate of drug-likeness (QED) is 0.273. The van der Waals surface area contributed by atoms with Gasteiger partial charge in [-0.1, -0.05) is 81.8 Å². The predicted octanol–water partition coefficient (Wildman–Crippen LogP) is 6.70. The van der Waals surface area contributed by atoms with Gasteiger partial charge in [0.05, 0.1) is 10.9 Å². The van der Waals surface area contributed by atoms with Crippen molar-refractivity contribution < 1.29 is 37.8 Å². The van der Waals surface area contributed by atoms with Crippen molar-refractivity contribution in [3.05, 3.63) is 59.7 Å². The van der Waals surface area contributed by atoms with Crippen LogP contribution in [-0.2, 0) is 19.1 Å². The Morgan fingerprint density at radius 3 is 2.38 bits per heavy atom. The second-order valence-electron chi connectivity index (χ2n) is 14.3. The highest BCUT2D eigenvalue weighted by molar-refractivity contribution is 8.15. The van der Waals surface area contributed by atoms with Gasteiger partial charge in [-0.15, -0.1) is 0 Å². The van der Waals surface area contributed by atoms with E-state index in [9.17, 15) is 24.3 Å². The molecule has 0 saturated heterocycles. The molecule has 242 valence electrons. The molecule has 1 N–H and O–H groups in total. The molecule has 0 bridgehead atoms. The number of hydrogen-bond acceptors (Lipinski definition) is 7. The molecule has 2 unspecified atom stereocenters. The number of esters is 1. The van der Waals surface area contributed by atoms with Crippen molar-refractivity contribution in [1.82, 2.24) is 0 Å². The molecule has 1 aromatic carbocycles. The molecule has 0 spiro atoms. The number of ether oxygens (including phenoxy) is 1. The van der Waals surface area contributed by atoms with E-state index in [1.807, 2.05) is 6.07 Å². The first-order valence-corrected chi connectivity index (χ1v) is 17.0. The molecule has 45 heavy (non-hydrogen) atoms. The van der Waals surface area contributed by atoms with E-state index in [0.717, 1.165) is 30.7 Å². The third kappa shape index (κ3) is 4.35. The van der Waals surface area contributed by atoms with Gasteiger partial charge >= 0.3 is 5.97 Å². The highest BCUT2D eigenvalue weighted by atomic mass is 32.2. The van der Waals surface area contributed by atoms with Gasteiger partial charge in [0.15, 0.2) is 22.8 Å². The fourth-order valence-electron chi connectivity index (χ4n) is 9.90. The predicted molar refractivity (Wildman–Crippen MR) is 167 cm³/mol. The van der Waals surface area contributed by atoms with Gasteiger partial charge in [0.1, 0.15) is 6.17 Å². The third-order valence-electron chi connectivity index (χ3n) is 12.2. The Labute approximate surface area is 267 Å². The van der Waals surface area contributed by atoms with Crippen molar-refractivity contribution in [2.45, 2.75) is 107 Å². The summed E-state index contributed by atoms with van der Waals surface area (Å²) in [5.41, 5.74) is -6.37. The van der Waals surface area contributed by atoms with Crippen LogP contribution in [0.2, 0.25) is 0 Å². The second-order valence-corrected chi connectivity index (χ2v) is 15.7. The topological polar surface area (TPSA) is 97.7 Å². The monoisotopic (exact) mass is 640 g/mol. The van der Waals surface area contributed by atoms with E-state index in [2.05, 4.69) is 0 Å². The molecule has 6 rings (SSSR count). The van der Waals surface area contributed by atoms with E-state index in [-0.39, 0.29) is 37.0 Å². The minimum atomic E-state index is -2.32. The van der Waals surface area contributed by atoms with Gasteiger partial charge in [-0.25, -0.2) is 8.78 Å². The van der Waals surface area contributed by atoms with Gasteiger partial charge in [-0.05, 0) is 62.7 Å². The molecule has 9 heteroatoms. The van der Waals surface area contributed by atoms with Crippen LogP contribution in [0.15, 0.2) is 54.1 Å². The summed E-state index contributed by atoms with van der Waals surface area (Å²) in [5, 5.41) is 11.4. The lowest BCUT2D eigenvalue weighted by atomic mass is 9.44. The number of aliphatic hydroxyl groups excluding tert-OH is 1. The van der Waals surface area contributed by atoms with Crippen LogP contribution in [0.3, 0.4) is 0 Å². The SMILES string of the molecule is CCC(=O)O[C@]1(C(=O)SC2(C(=O)c3ccccc3)CCCC2)[C@H](C)CC2C3C[C@H](F)C4=CC(=O)C=C[C@]4(C)[C@@]3(F)[C@@H](O)C[C@@]21C. The Morgan fingerprint density at radius 2 is 1.73 bits per heavy atom. The lowest BCUT2D eigenvalue weighted by Crippen LogP contribution is -2.70. The summed E-state index contributed by atoms with van der Waals surface area (Å²) >= 11 is 0.939. The van der Waals surface area contributed by atoms with Crippen LogP contribution < -0.4 is 0 Å². The van der Waals surface area contributed by atoms with E-state index in [1.54, 1.807) is 45.0 Å². The number of Topliss-reactive ketones (excluding diaryl/α,β-unsaturated/α-hetero) is 1. The number of aliphatic hydroxyl groups is 1. The first-order valence-electron chi connectivity index (χ1n) is 16.2. The van der Waals surface area contributed by atoms with Crippen molar-refractivity contribution in [3.8, 4) is 0 Å². The zero-order valence-corrected chi connectivity index (χ0v) is 27.1. The van der Waals surface area contributed by atoms with Crippen molar-refractivity contribution in [2.24, 2.45) is 28.6 Å². The Kier molecular flexibility index (Phi) is 7.87. The Bertz CT molecular complexity index is 1490. The summed E-state index contributed by atoms with van der Waals surface area (Å²) < 4.78 is 38.9. The van der Waals surface area contributed by atoms with Gasteiger partial charge in [0, 0.05) is 34.7 Å². The summed E-state index contributed by atoms with van der Waals surface area (Å²) in [6, 6.07) is 8.86. The fourth-order valence-corrected chi connectivity index (χ4v) is 11.6. The van der Waals surface area contributed by atoms with E-state index >= 15 is 8.78 Å². The van der Waals surface area contributed by atoms with Crippen molar-refractivity contribution in [2.75, 3.05) is 0 Å². The van der Waals surface area contributed by atoms with Crippen LogP contribution in [0, 0.1) is 28.6 Å². The maximum Gasteiger partial charge on any atom is 0.306 e. The number of ketones is 2. The van der Waals surface area contributed by atoms with Crippen LogP contribution in [-0.4, -0.2) is 56.1 Å². The largest absolute Gasteiger partial charge is 0.449 e. The van der Waals surface area contributed by atoms with Crippen LogP contribution >= 0.6 is 11.8 Å². The number of carbonyl (C=O) groups is 4. The van der Waals surface area contributed by atoms with Crippen LogP contribution in [0.1, 0.15) is 89.4 Å². The van der Waals surface area contributed by atoms with Crippen LogP contribution in [0.4, 0.5) is 8.78 Å². The third-order valence-corrected chi connectivity index (χ3v) is 13.7. The maximum absolute atomic E-state index is 17.8. The van der Waals surface area contributed by atoms with E-state index in [4.69, 9.17) is 4.74 Å². The summed E-state index contributed by atoms with van der Waals surface area (Å²) in [6.45, 7) is 6.74. The van der Waals surface area contributed by atoms with E-state index in [1.165, 1.54) is 19.1 Å². The number of thioether (sulfide) groups is 1. The number of allylic oxidation sites excluding steroid dienone is 4. The first kappa shape index (κ1) is 32.3. The summed E-state index contributed by atoms with van der Waals surface area (Å²) in [7, 11) is 0. The Morgan fingerprint density at radius 1 is 1.07 bits per heavy atom. The number of halogens is 2. The van der Waals surface area contributed by atoms with Gasteiger partial charge in [0.25, 0.3) is 0 Å². The van der Waals surface area contributed by atoms with Gasteiger partial charge in [0.2, 0.25) is 5.12 Å². The fraction of sp³-hybridized carbons (Fsp3) is 0.611. The molecule has 5 aliphatic rings. The molecule has 6 nitrogen and oxygen atoms in total. The Hall–Kier alpha value is -2.65. The molecule has 4 saturated carbocycles. The molecule has 5 aliphatic carbocycles.